The fourth-order valence-corrected chi connectivity index (χ4v) is 1.91. The average Bonchev–Trinajstić information content (AvgIpc) is 2.45. The molecule has 0 heterocycles. The Morgan fingerprint density at radius 3 is 2.45 bits per heavy atom. The van der Waals surface area contributed by atoms with Gasteiger partial charge in [-0.15, -0.1) is 0 Å². The molecular weight excluding hydrogens is 250 g/mol. The van der Waals surface area contributed by atoms with Gasteiger partial charge in [0.05, 0.1) is 5.69 Å². The molecule has 3 heteroatoms. The van der Waals surface area contributed by atoms with Gasteiger partial charge in [0.1, 0.15) is 11.5 Å². The number of aryl methyl sites for hydroxylation is 1. The highest BCUT2D eigenvalue weighted by Gasteiger charge is 1.99. The van der Waals surface area contributed by atoms with E-state index in [1.165, 1.54) is 30.5 Å². The molecule has 0 aliphatic rings. The first kappa shape index (κ1) is 14.1. The standard InChI is InChI=1S/C17H19NO2/c1-2-3-4-13-5-8-15(9-6-13)18-12-14-7-10-16(19)11-17(14)20/h5-12,19-20H,2-4H2,1H3. The molecule has 2 N–H and O–H groups in total. The predicted octanol–water partition coefficient (Wildman–Crippen LogP) is 4.19. The van der Waals surface area contributed by atoms with E-state index < -0.39 is 0 Å². The Bertz CT molecular complexity index is 588. The summed E-state index contributed by atoms with van der Waals surface area (Å²) in [5, 5.41) is 18.9. The lowest BCUT2D eigenvalue weighted by Gasteiger charge is -2.01. The number of aromatic hydroxyl groups is 2. The van der Waals surface area contributed by atoms with Gasteiger partial charge in [0.2, 0.25) is 0 Å². The van der Waals surface area contributed by atoms with E-state index in [0.717, 1.165) is 12.1 Å². The third-order valence-corrected chi connectivity index (χ3v) is 3.12. The third kappa shape index (κ3) is 3.85. The highest BCUT2D eigenvalue weighted by atomic mass is 16.3. The number of nitrogens with zero attached hydrogens (tertiary/aromatic N) is 1. The maximum Gasteiger partial charge on any atom is 0.128 e. The molecular formula is C17H19NO2. The molecule has 2 aromatic rings. The summed E-state index contributed by atoms with van der Waals surface area (Å²) < 4.78 is 0. The predicted molar refractivity (Wildman–Crippen MR) is 82.1 cm³/mol. The van der Waals surface area contributed by atoms with E-state index in [0.29, 0.717) is 5.56 Å². The van der Waals surface area contributed by atoms with E-state index in [4.69, 9.17) is 0 Å². The van der Waals surface area contributed by atoms with Crippen molar-refractivity contribution in [1.29, 1.82) is 0 Å². The van der Waals surface area contributed by atoms with E-state index in [9.17, 15) is 10.2 Å². The molecule has 0 unspecified atom stereocenters. The van der Waals surface area contributed by atoms with Crippen molar-refractivity contribution in [3.63, 3.8) is 0 Å². The normalized spacial score (nSPS) is 11.1. The number of hydrogen-bond acceptors (Lipinski definition) is 3. The zero-order valence-electron chi connectivity index (χ0n) is 11.6. The van der Waals surface area contributed by atoms with Gasteiger partial charge < -0.3 is 10.2 Å². The molecule has 0 aliphatic heterocycles. The molecule has 0 bridgehead atoms. The second-order valence-corrected chi connectivity index (χ2v) is 4.77. The summed E-state index contributed by atoms with van der Waals surface area (Å²) in [7, 11) is 0. The smallest absolute Gasteiger partial charge is 0.128 e. The molecule has 0 saturated carbocycles. The number of rotatable bonds is 5. The van der Waals surface area contributed by atoms with Crippen molar-refractivity contribution in [2.45, 2.75) is 26.2 Å². The van der Waals surface area contributed by atoms with Gasteiger partial charge >= 0.3 is 0 Å². The van der Waals surface area contributed by atoms with Crippen LogP contribution in [0.25, 0.3) is 0 Å². The second kappa shape index (κ2) is 6.75. The van der Waals surface area contributed by atoms with E-state index >= 15 is 0 Å². The Kier molecular flexibility index (Phi) is 4.77. The zero-order chi connectivity index (χ0) is 14.4. The molecule has 104 valence electrons. The van der Waals surface area contributed by atoms with Gasteiger partial charge in [-0.25, -0.2) is 0 Å². The van der Waals surface area contributed by atoms with Crippen LogP contribution >= 0.6 is 0 Å². The second-order valence-electron chi connectivity index (χ2n) is 4.77. The van der Waals surface area contributed by atoms with Gasteiger partial charge in [-0.2, -0.15) is 0 Å². The van der Waals surface area contributed by atoms with Crippen LogP contribution in [0.4, 0.5) is 5.69 Å². The van der Waals surface area contributed by atoms with Crippen molar-refractivity contribution in [2.24, 2.45) is 4.99 Å². The number of hydrogen-bond donors (Lipinski definition) is 2. The highest BCUT2D eigenvalue weighted by molar-refractivity contribution is 5.85. The first-order chi connectivity index (χ1) is 9.69. The average molecular weight is 269 g/mol. The van der Waals surface area contributed by atoms with E-state index in [-0.39, 0.29) is 11.5 Å². The van der Waals surface area contributed by atoms with Gasteiger partial charge in [-0.3, -0.25) is 4.99 Å². The summed E-state index contributed by atoms with van der Waals surface area (Å²) in [4.78, 5) is 4.32. The van der Waals surface area contributed by atoms with Crippen molar-refractivity contribution < 1.29 is 10.2 Å². The van der Waals surface area contributed by atoms with Crippen LogP contribution in [0.15, 0.2) is 47.5 Å². The number of aliphatic imine (C=N–C) groups is 1. The molecule has 0 saturated heterocycles. The van der Waals surface area contributed by atoms with Gasteiger partial charge in [0.15, 0.2) is 0 Å². The van der Waals surface area contributed by atoms with Crippen LogP contribution in [0.1, 0.15) is 30.9 Å². The van der Waals surface area contributed by atoms with Crippen LogP contribution in [-0.4, -0.2) is 16.4 Å². The quantitative estimate of drug-likeness (QED) is 0.800. The lowest BCUT2D eigenvalue weighted by atomic mass is 10.1. The van der Waals surface area contributed by atoms with Crippen LogP contribution in [0, 0.1) is 0 Å². The van der Waals surface area contributed by atoms with E-state index in [1.54, 1.807) is 12.3 Å². The van der Waals surface area contributed by atoms with Gasteiger partial charge in [0.25, 0.3) is 0 Å². The maximum atomic E-state index is 9.66. The van der Waals surface area contributed by atoms with Crippen molar-refractivity contribution >= 4 is 11.9 Å². The first-order valence-corrected chi connectivity index (χ1v) is 6.84. The molecule has 3 nitrogen and oxygen atoms in total. The molecule has 20 heavy (non-hydrogen) atoms. The molecule has 2 aromatic carbocycles. The zero-order valence-corrected chi connectivity index (χ0v) is 11.6. The van der Waals surface area contributed by atoms with Crippen molar-refractivity contribution in [2.75, 3.05) is 0 Å². The fraction of sp³-hybridized carbons (Fsp3) is 0.235. The Morgan fingerprint density at radius 2 is 1.80 bits per heavy atom. The largest absolute Gasteiger partial charge is 0.508 e. The maximum absolute atomic E-state index is 9.66. The van der Waals surface area contributed by atoms with Crippen molar-refractivity contribution in [1.82, 2.24) is 0 Å². The number of benzene rings is 2. The van der Waals surface area contributed by atoms with Crippen molar-refractivity contribution in [3.05, 3.63) is 53.6 Å². The van der Waals surface area contributed by atoms with Crippen LogP contribution in [0.3, 0.4) is 0 Å². The van der Waals surface area contributed by atoms with Crippen LogP contribution in [-0.2, 0) is 6.42 Å². The number of phenols is 2. The molecule has 2 rings (SSSR count). The minimum atomic E-state index is 0.0216. The Morgan fingerprint density at radius 1 is 1.05 bits per heavy atom. The minimum absolute atomic E-state index is 0.0216. The molecule has 0 radical (unpaired) electrons. The highest BCUT2D eigenvalue weighted by Crippen LogP contribution is 2.22. The molecule has 0 atom stereocenters. The molecule has 0 fully saturated rings. The summed E-state index contributed by atoms with van der Waals surface area (Å²) in [5.74, 6) is 0.0632. The minimum Gasteiger partial charge on any atom is -0.508 e. The van der Waals surface area contributed by atoms with Gasteiger partial charge in [-0.1, -0.05) is 25.5 Å². The number of phenolic OH excluding ortho intramolecular Hbond substituents is 2. The SMILES string of the molecule is CCCCc1ccc(N=Cc2ccc(O)cc2O)cc1. The summed E-state index contributed by atoms with van der Waals surface area (Å²) in [6.45, 7) is 2.18. The summed E-state index contributed by atoms with van der Waals surface area (Å²) in [5.41, 5.74) is 2.74. The summed E-state index contributed by atoms with van der Waals surface area (Å²) in [6.07, 6.45) is 5.08. The van der Waals surface area contributed by atoms with Crippen molar-refractivity contribution in [3.8, 4) is 11.5 Å². The van der Waals surface area contributed by atoms with E-state index in [2.05, 4.69) is 24.0 Å². The lowest BCUT2D eigenvalue weighted by molar-refractivity contribution is 0.450. The van der Waals surface area contributed by atoms with Crippen LogP contribution < -0.4 is 0 Å². The Hall–Kier alpha value is -2.29. The first-order valence-electron chi connectivity index (χ1n) is 6.84. The summed E-state index contributed by atoms with van der Waals surface area (Å²) in [6, 6.07) is 12.6. The Balaban J connectivity index is 2.07. The van der Waals surface area contributed by atoms with Crippen LogP contribution in [0.2, 0.25) is 0 Å². The lowest BCUT2D eigenvalue weighted by Crippen LogP contribution is -1.84. The molecule has 0 aromatic heterocycles. The van der Waals surface area contributed by atoms with Crippen LogP contribution in [0.5, 0.6) is 11.5 Å². The van der Waals surface area contributed by atoms with E-state index in [1.807, 2.05) is 12.1 Å². The fourth-order valence-electron chi connectivity index (χ4n) is 1.91. The molecule has 0 aliphatic carbocycles. The third-order valence-electron chi connectivity index (χ3n) is 3.12. The molecule has 0 spiro atoms. The number of unbranched alkanes of at least 4 members (excludes halogenated alkanes) is 1. The molecule has 0 amide bonds. The Labute approximate surface area is 119 Å². The monoisotopic (exact) mass is 269 g/mol. The van der Waals surface area contributed by atoms with Gasteiger partial charge in [-0.05, 0) is 42.7 Å². The topological polar surface area (TPSA) is 52.8 Å². The summed E-state index contributed by atoms with van der Waals surface area (Å²) >= 11 is 0. The van der Waals surface area contributed by atoms with Gasteiger partial charge in [0, 0.05) is 17.8 Å².